The minimum Gasteiger partial charge on any atom is -0.385 e. The van der Waals surface area contributed by atoms with E-state index >= 15 is 0 Å². The number of methoxy groups -OCH3 is 1. The van der Waals surface area contributed by atoms with Crippen molar-refractivity contribution in [3.63, 3.8) is 0 Å². The molecule has 0 unspecified atom stereocenters. The highest BCUT2D eigenvalue weighted by Gasteiger charge is 2.03. The fourth-order valence-corrected chi connectivity index (χ4v) is 1.51. The van der Waals surface area contributed by atoms with Gasteiger partial charge in [-0.2, -0.15) is 0 Å². The molecule has 5 heteroatoms. The number of ether oxygens (including phenoxy) is 1. The smallest absolute Gasteiger partial charge is 0.239 e. The lowest BCUT2D eigenvalue weighted by Gasteiger charge is -2.10. The average Bonchev–Trinajstić information content (AvgIpc) is 2.33. The van der Waals surface area contributed by atoms with E-state index in [9.17, 15) is 9.18 Å². The van der Waals surface area contributed by atoms with Crippen molar-refractivity contribution in [2.24, 2.45) is 0 Å². The molecule has 1 aromatic rings. The van der Waals surface area contributed by atoms with Crippen LogP contribution in [0.4, 0.5) is 10.1 Å². The Morgan fingerprint density at radius 2 is 2.22 bits per heavy atom. The van der Waals surface area contributed by atoms with Crippen LogP contribution in [0.15, 0.2) is 18.2 Å². The van der Waals surface area contributed by atoms with Crippen LogP contribution in [0.25, 0.3) is 0 Å². The van der Waals surface area contributed by atoms with Gasteiger partial charge in [0.25, 0.3) is 0 Å². The molecule has 1 amide bonds. The van der Waals surface area contributed by atoms with Crippen molar-refractivity contribution in [1.29, 1.82) is 0 Å². The highest BCUT2D eigenvalue weighted by Crippen LogP contribution is 2.14. The quantitative estimate of drug-likeness (QED) is 0.728. The maximum absolute atomic E-state index is 12.9. The Morgan fingerprint density at radius 1 is 1.44 bits per heavy atom. The van der Waals surface area contributed by atoms with Gasteiger partial charge in [0.2, 0.25) is 5.91 Å². The fourth-order valence-electron chi connectivity index (χ4n) is 1.51. The molecular weight excluding hydrogens is 235 g/mol. The van der Waals surface area contributed by atoms with Gasteiger partial charge in [-0.25, -0.2) is 4.39 Å². The molecule has 0 spiro atoms. The van der Waals surface area contributed by atoms with Crippen LogP contribution in [0.1, 0.15) is 12.0 Å². The molecule has 1 rings (SSSR count). The number of hydrogen-bond donors (Lipinski definition) is 2. The Hall–Kier alpha value is -1.62. The molecular formula is C13H19FN2O2. The average molecular weight is 254 g/mol. The van der Waals surface area contributed by atoms with Crippen molar-refractivity contribution >= 4 is 11.6 Å². The van der Waals surface area contributed by atoms with Crippen molar-refractivity contribution < 1.29 is 13.9 Å². The zero-order chi connectivity index (χ0) is 13.4. The summed E-state index contributed by atoms with van der Waals surface area (Å²) in [6.45, 7) is 3.20. The van der Waals surface area contributed by atoms with Crippen LogP contribution in [0.5, 0.6) is 0 Å². The summed E-state index contributed by atoms with van der Waals surface area (Å²) in [6.07, 6.45) is 0.790. The lowest BCUT2D eigenvalue weighted by molar-refractivity contribution is -0.119. The van der Waals surface area contributed by atoms with Gasteiger partial charge in [-0.1, -0.05) is 0 Å². The first kappa shape index (κ1) is 14.4. The molecule has 18 heavy (non-hydrogen) atoms. The largest absolute Gasteiger partial charge is 0.385 e. The molecule has 0 saturated heterocycles. The van der Waals surface area contributed by atoms with E-state index in [1.54, 1.807) is 20.1 Å². The third-order valence-electron chi connectivity index (χ3n) is 2.48. The topological polar surface area (TPSA) is 50.4 Å². The third-order valence-corrected chi connectivity index (χ3v) is 2.48. The molecule has 0 aliphatic rings. The number of carbonyl (C=O) groups excluding carboxylic acids is 1. The lowest BCUT2D eigenvalue weighted by atomic mass is 10.2. The Balaban J connectivity index is 2.29. The summed E-state index contributed by atoms with van der Waals surface area (Å²) >= 11 is 0. The van der Waals surface area contributed by atoms with E-state index in [-0.39, 0.29) is 18.3 Å². The predicted octanol–water partition coefficient (Wildman–Crippen LogP) is 1.70. The molecule has 0 aliphatic heterocycles. The second-order valence-corrected chi connectivity index (χ2v) is 4.01. The Kier molecular flexibility index (Phi) is 6.14. The van der Waals surface area contributed by atoms with Crippen molar-refractivity contribution in [2.75, 3.05) is 32.1 Å². The van der Waals surface area contributed by atoms with E-state index in [0.717, 1.165) is 17.7 Å². The highest BCUT2D eigenvalue weighted by molar-refractivity contribution is 5.80. The zero-order valence-corrected chi connectivity index (χ0v) is 10.8. The number of hydrogen-bond acceptors (Lipinski definition) is 3. The lowest BCUT2D eigenvalue weighted by Crippen LogP contribution is -2.31. The van der Waals surface area contributed by atoms with Crippen molar-refractivity contribution in [2.45, 2.75) is 13.3 Å². The van der Waals surface area contributed by atoms with Crippen LogP contribution in [-0.4, -0.2) is 32.7 Å². The normalized spacial score (nSPS) is 10.2. The summed E-state index contributed by atoms with van der Waals surface area (Å²) in [6, 6.07) is 4.42. The number of aryl methyl sites for hydroxylation is 1. The van der Waals surface area contributed by atoms with Crippen LogP contribution in [0, 0.1) is 12.7 Å². The molecule has 0 aliphatic carbocycles. The number of carbonyl (C=O) groups is 1. The monoisotopic (exact) mass is 254 g/mol. The summed E-state index contributed by atoms with van der Waals surface area (Å²) < 4.78 is 17.7. The Bertz CT molecular complexity index is 397. The number of halogens is 1. The first-order chi connectivity index (χ1) is 8.63. The summed E-state index contributed by atoms with van der Waals surface area (Å²) in [5, 5.41) is 5.73. The van der Waals surface area contributed by atoms with E-state index in [1.165, 1.54) is 12.1 Å². The molecule has 0 heterocycles. The minimum atomic E-state index is -0.276. The Labute approximate surface area is 107 Å². The predicted molar refractivity (Wildman–Crippen MR) is 69.1 cm³/mol. The van der Waals surface area contributed by atoms with Gasteiger partial charge in [-0.3, -0.25) is 4.79 Å². The molecule has 100 valence electrons. The van der Waals surface area contributed by atoms with Crippen LogP contribution in [0.3, 0.4) is 0 Å². The second-order valence-electron chi connectivity index (χ2n) is 4.01. The first-order valence-corrected chi connectivity index (χ1v) is 5.89. The van der Waals surface area contributed by atoms with Crippen LogP contribution in [-0.2, 0) is 9.53 Å². The summed E-state index contributed by atoms with van der Waals surface area (Å²) in [7, 11) is 1.63. The second kappa shape index (κ2) is 7.66. The molecule has 0 saturated carbocycles. The van der Waals surface area contributed by atoms with E-state index in [0.29, 0.717) is 13.2 Å². The SMILES string of the molecule is COCCCNC(=O)CNc1ccc(F)cc1C. The summed E-state index contributed by atoms with van der Waals surface area (Å²) in [5.74, 6) is -0.364. The van der Waals surface area contributed by atoms with E-state index < -0.39 is 0 Å². The minimum absolute atomic E-state index is 0.0881. The van der Waals surface area contributed by atoms with Gasteiger partial charge in [0.05, 0.1) is 6.54 Å². The molecule has 0 bridgehead atoms. The highest BCUT2D eigenvalue weighted by atomic mass is 19.1. The van der Waals surface area contributed by atoms with Crippen LogP contribution >= 0.6 is 0 Å². The molecule has 0 atom stereocenters. The summed E-state index contributed by atoms with van der Waals surface area (Å²) in [4.78, 5) is 11.5. The van der Waals surface area contributed by atoms with Crippen LogP contribution < -0.4 is 10.6 Å². The van der Waals surface area contributed by atoms with Gasteiger partial charge in [0, 0.05) is 25.9 Å². The van der Waals surface area contributed by atoms with Crippen molar-refractivity contribution in [1.82, 2.24) is 5.32 Å². The number of amides is 1. The molecule has 4 nitrogen and oxygen atoms in total. The maximum Gasteiger partial charge on any atom is 0.239 e. The van der Waals surface area contributed by atoms with E-state index in [2.05, 4.69) is 10.6 Å². The molecule has 0 aromatic heterocycles. The maximum atomic E-state index is 12.9. The van der Waals surface area contributed by atoms with E-state index in [1.807, 2.05) is 0 Å². The van der Waals surface area contributed by atoms with Gasteiger partial charge >= 0.3 is 0 Å². The number of nitrogens with one attached hydrogen (secondary N) is 2. The standard InChI is InChI=1S/C13H19FN2O2/c1-10-8-11(14)4-5-12(10)16-9-13(17)15-6-3-7-18-2/h4-5,8,16H,3,6-7,9H2,1-2H3,(H,15,17). The zero-order valence-electron chi connectivity index (χ0n) is 10.8. The van der Waals surface area contributed by atoms with Gasteiger partial charge in [0.1, 0.15) is 5.82 Å². The Morgan fingerprint density at radius 3 is 2.89 bits per heavy atom. The molecule has 1 aromatic carbocycles. The fraction of sp³-hybridized carbons (Fsp3) is 0.462. The summed E-state index contributed by atoms with van der Waals surface area (Å²) in [5.41, 5.74) is 1.55. The number of benzene rings is 1. The molecule has 2 N–H and O–H groups in total. The van der Waals surface area contributed by atoms with Gasteiger partial charge in [0.15, 0.2) is 0 Å². The van der Waals surface area contributed by atoms with Crippen molar-refractivity contribution in [3.8, 4) is 0 Å². The van der Waals surface area contributed by atoms with Gasteiger partial charge in [-0.05, 0) is 37.1 Å². The third kappa shape index (κ3) is 5.14. The van der Waals surface area contributed by atoms with Crippen LogP contribution in [0.2, 0.25) is 0 Å². The van der Waals surface area contributed by atoms with E-state index in [4.69, 9.17) is 4.74 Å². The van der Waals surface area contributed by atoms with Crippen molar-refractivity contribution in [3.05, 3.63) is 29.6 Å². The van der Waals surface area contributed by atoms with Gasteiger partial charge < -0.3 is 15.4 Å². The number of anilines is 1. The first-order valence-electron chi connectivity index (χ1n) is 5.89. The number of rotatable bonds is 7. The van der Waals surface area contributed by atoms with Gasteiger partial charge in [-0.15, -0.1) is 0 Å². The molecule has 0 radical (unpaired) electrons. The molecule has 0 fully saturated rings.